The summed E-state index contributed by atoms with van der Waals surface area (Å²) in [5, 5.41) is 0. The van der Waals surface area contributed by atoms with Gasteiger partial charge in [0.05, 0.1) is 0 Å². The molecular formula is C24H70N2O6Si8. The third kappa shape index (κ3) is 20.4. The summed E-state index contributed by atoms with van der Waals surface area (Å²) in [4.78, 5) is 0. The highest BCUT2D eigenvalue weighted by molar-refractivity contribution is 6.90. The molecule has 0 atom stereocenters. The van der Waals surface area contributed by atoms with Crippen LogP contribution in [0.4, 0.5) is 0 Å². The quantitative estimate of drug-likeness (QED) is 0.151. The van der Waals surface area contributed by atoms with Gasteiger partial charge >= 0.3 is 17.9 Å². The van der Waals surface area contributed by atoms with Gasteiger partial charge in [0, 0.05) is 0 Å². The molecule has 0 aliphatic rings. The molecule has 0 bridgehead atoms. The van der Waals surface area contributed by atoms with E-state index in [-0.39, 0.29) is 0 Å². The van der Waals surface area contributed by atoms with E-state index in [1.165, 1.54) is 0 Å². The number of rotatable bonds is 16. The number of hydrogen-bond acceptors (Lipinski definition) is 8. The average Bonchev–Trinajstić information content (AvgIpc) is 2.53. The van der Waals surface area contributed by atoms with Gasteiger partial charge in [0.1, 0.15) is 0 Å². The first-order chi connectivity index (χ1) is 17.2. The second kappa shape index (κ2) is 15.6. The minimum absolute atomic E-state index is 0.905. The Morgan fingerprint density at radius 3 is 0.650 bits per heavy atom. The fourth-order valence-electron chi connectivity index (χ4n) is 3.52. The molecule has 0 fully saturated rings. The van der Waals surface area contributed by atoms with Crippen molar-refractivity contribution in [1.29, 1.82) is 0 Å². The molecular weight excluding hydrogens is 637 g/mol. The van der Waals surface area contributed by atoms with E-state index in [4.69, 9.17) is 24.7 Å². The molecule has 40 heavy (non-hydrogen) atoms. The van der Waals surface area contributed by atoms with E-state index < -0.39 is 67.8 Å². The molecule has 0 unspecified atom stereocenters. The maximum absolute atomic E-state index is 6.65. The minimum Gasteiger partial charge on any atom is -0.405 e. The van der Waals surface area contributed by atoms with Crippen molar-refractivity contribution in [3.63, 3.8) is 0 Å². The minimum atomic E-state index is -2.81. The lowest BCUT2D eigenvalue weighted by Crippen LogP contribution is -2.69. The zero-order valence-electron chi connectivity index (χ0n) is 30.8. The molecule has 0 spiro atoms. The van der Waals surface area contributed by atoms with Crippen molar-refractivity contribution in [1.82, 2.24) is 9.13 Å². The molecule has 0 saturated heterocycles. The molecule has 0 aromatic heterocycles. The van der Waals surface area contributed by atoms with Gasteiger partial charge in [-0.05, 0) is 145 Å². The molecule has 8 nitrogen and oxygen atoms in total. The molecule has 0 radical (unpaired) electrons. The van der Waals surface area contributed by atoms with Gasteiger partial charge in [-0.15, -0.1) is 0 Å². The fraction of sp³-hybridized carbons (Fsp3) is 1.00. The average molecular weight is 708 g/mol. The van der Waals surface area contributed by atoms with E-state index in [2.05, 4.69) is 141 Å². The zero-order valence-corrected chi connectivity index (χ0v) is 38.8. The van der Waals surface area contributed by atoms with Crippen molar-refractivity contribution in [3.05, 3.63) is 0 Å². The van der Waals surface area contributed by atoms with Crippen LogP contribution in [0.5, 0.6) is 0 Å². The Balaban J connectivity index is 0. The summed E-state index contributed by atoms with van der Waals surface area (Å²) in [5.41, 5.74) is 0. The van der Waals surface area contributed by atoms with Crippen LogP contribution in [-0.2, 0) is 24.7 Å². The van der Waals surface area contributed by atoms with Gasteiger partial charge in [-0.25, -0.2) is 0 Å². The van der Waals surface area contributed by atoms with E-state index in [0.29, 0.717) is 0 Å². The van der Waals surface area contributed by atoms with Gasteiger partial charge in [-0.3, -0.25) is 9.13 Å². The van der Waals surface area contributed by atoms with Gasteiger partial charge in [0.15, 0.2) is 49.9 Å². The molecule has 0 amide bonds. The molecule has 0 saturated carbocycles. The maximum atomic E-state index is 6.65. The fourth-order valence-corrected chi connectivity index (χ4v) is 29.9. The van der Waals surface area contributed by atoms with Crippen LogP contribution >= 0.6 is 0 Å². The van der Waals surface area contributed by atoms with Gasteiger partial charge in [-0.2, -0.15) is 0 Å². The third-order valence-electron chi connectivity index (χ3n) is 4.31. The molecule has 0 aromatic carbocycles. The maximum Gasteiger partial charge on any atom is 0.567 e. The van der Waals surface area contributed by atoms with Gasteiger partial charge in [0.2, 0.25) is 0 Å². The van der Waals surface area contributed by atoms with E-state index in [1.807, 2.05) is 14.1 Å². The summed E-state index contributed by atoms with van der Waals surface area (Å²) in [7, 11) is -12.1. The van der Waals surface area contributed by atoms with Crippen LogP contribution in [-0.4, -0.2) is 104 Å². The molecule has 244 valence electrons. The highest BCUT2D eigenvalue weighted by Gasteiger charge is 2.55. The summed E-state index contributed by atoms with van der Waals surface area (Å²) in [6, 6.07) is 0. The van der Waals surface area contributed by atoms with E-state index in [0.717, 1.165) is 13.1 Å². The Hall–Kier alpha value is 1.42. The first-order valence-corrected chi connectivity index (χ1v) is 38.6. The first-order valence-electron chi connectivity index (χ1n) is 14.8. The van der Waals surface area contributed by atoms with Gasteiger partial charge < -0.3 is 24.7 Å². The van der Waals surface area contributed by atoms with Crippen molar-refractivity contribution in [2.75, 3.05) is 27.2 Å². The summed E-state index contributed by atoms with van der Waals surface area (Å²) in [6.07, 6.45) is 0. The molecule has 0 aliphatic carbocycles. The lowest BCUT2D eigenvalue weighted by molar-refractivity contribution is 0.160. The Morgan fingerprint density at radius 1 is 0.350 bits per heavy atom. The van der Waals surface area contributed by atoms with Crippen molar-refractivity contribution >= 4 is 67.8 Å². The first kappa shape index (κ1) is 43.5. The van der Waals surface area contributed by atoms with Gasteiger partial charge in [-0.1, -0.05) is 13.8 Å². The molecule has 0 aromatic rings. The van der Waals surface area contributed by atoms with Crippen molar-refractivity contribution in [2.24, 2.45) is 0 Å². The normalized spacial score (nSPS) is 15.0. The van der Waals surface area contributed by atoms with Crippen LogP contribution in [0.25, 0.3) is 0 Å². The second-order valence-corrected chi connectivity index (χ2v) is 50.3. The van der Waals surface area contributed by atoms with Crippen LogP contribution in [0, 0.1) is 0 Å². The summed E-state index contributed by atoms with van der Waals surface area (Å²) >= 11 is 0. The van der Waals surface area contributed by atoms with Crippen LogP contribution in [0.15, 0.2) is 0 Å². The largest absolute Gasteiger partial charge is 0.567 e. The molecule has 0 rings (SSSR count). The Bertz CT molecular complexity index is 651. The second-order valence-electron chi connectivity index (χ2n) is 16.4. The van der Waals surface area contributed by atoms with E-state index >= 15 is 0 Å². The summed E-state index contributed by atoms with van der Waals surface area (Å²) < 4.78 is 43.7. The topological polar surface area (TPSA) is 61.9 Å². The monoisotopic (exact) mass is 706 g/mol. The molecule has 0 heterocycles. The van der Waals surface area contributed by atoms with Crippen LogP contribution in [0.1, 0.15) is 13.8 Å². The lowest BCUT2D eigenvalue weighted by atomic mass is 10.7. The predicted molar refractivity (Wildman–Crippen MR) is 195 cm³/mol. The number of nitrogens with zero attached hydrogens (tertiary/aromatic N) is 2. The SMILES string of the molecule is CCN(CC)[Si](O[Si](C)(C)C)(O[Si](C)(C)C)O[Si](C)(C)C.CN(C)[Si](O[Si](C)(C)C)(O[Si](C)(C)C)O[Si](C)(C)C. The standard InChI is InChI=1S/C13H37NO3Si4.C11H33NO3Si4/c1-12-14(13-2)21(15-18(3,4)5,16-19(6,7)8)17-20(9,10)11;1-12(2)19(13-16(3,4)5,14-17(6,7)8)15-18(9,10)11/h12-13H2,1-11H3;1-11H3. The third-order valence-corrected chi connectivity index (χ3v) is 27.7. The molecule has 0 N–H and O–H groups in total. The van der Waals surface area contributed by atoms with Gasteiger partial charge in [0.25, 0.3) is 0 Å². The van der Waals surface area contributed by atoms with Crippen LogP contribution in [0.2, 0.25) is 118 Å². The highest BCUT2D eigenvalue weighted by atomic mass is 28.5. The Kier molecular flexibility index (Phi) is 17.0. The van der Waals surface area contributed by atoms with Crippen molar-refractivity contribution in [2.45, 2.75) is 132 Å². The number of hydrogen-bond donors (Lipinski definition) is 0. The summed E-state index contributed by atoms with van der Waals surface area (Å²) in [6.45, 7) is 45.9. The Labute approximate surface area is 259 Å². The Morgan fingerprint density at radius 2 is 0.525 bits per heavy atom. The predicted octanol–water partition coefficient (Wildman–Crippen LogP) is 7.86. The van der Waals surface area contributed by atoms with Crippen molar-refractivity contribution < 1.29 is 24.7 Å². The van der Waals surface area contributed by atoms with Crippen molar-refractivity contribution in [3.8, 4) is 0 Å². The van der Waals surface area contributed by atoms with Crippen LogP contribution < -0.4 is 0 Å². The van der Waals surface area contributed by atoms with Crippen LogP contribution in [0.3, 0.4) is 0 Å². The smallest absolute Gasteiger partial charge is 0.405 e. The lowest BCUT2D eigenvalue weighted by Gasteiger charge is -2.46. The van der Waals surface area contributed by atoms with E-state index in [1.54, 1.807) is 0 Å². The molecule has 0 aliphatic heterocycles. The van der Waals surface area contributed by atoms with E-state index in [9.17, 15) is 0 Å². The summed E-state index contributed by atoms with van der Waals surface area (Å²) in [5.74, 6) is 0. The molecule has 16 heteroatoms. The highest BCUT2D eigenvalue weighted by Crippen LogP contribution is 2.29. The zero-order chi connectivity index (χ0) is 32.8.